The Labute approximate surface area is 74.4 Å². The molecular formula is C9H7F2NO. The van der Waals surface area contributed by atoms with Crippen LogP contribution in [0.2, 0.25) is 0 Å². The minimum Gasteiger partial charge on any atom is -0.488 e. The van der Waals surface area contributed by atoms with Gasteiger partial charge < -0.3 is 4.74 Å². The normalized spacial score (nSPS) is 9.69. The lowest BCUT2D eigenvalue weighted by molar-refractivity contribution is 0.0819. The van der Waals surface area contributed by atoms with Crippen molar-refractivity contribution in [2.45, 2.75) is 6.43 Å². The summed E-state index contributed by atoms with van der Waals surface area (Å²) in [5.74, 6) is 0.291. The number of hydrogen-bond acceptors (Lipinski definition) is 2. The zero-order valence-electron chi connectivity index (χ0n) is 6.71. The van der Waals surface area contributed by atoms with E-state index in [0.29, 0.717) is 11.3 Å². The van der Waals surface area contributed by atoms with Crippen LogP contribution >= 0.6 is 0 Å². The minimum absolute atomic E-state index is 0.291. The number of alkyl halides is 2. The van der Waals surface area contributed by atoms with E-state index in [1.165, 1.54) is 12.1 Å². The van der Waals surface area contributed by atoms with Gasteiger partial charge in [0.1, 0.15) is 12.4 Å². The molecule has 0 atom stereocenters. The van der Waals surface area contributed by atoms with Crippen molar-refractivity contribution in [2.75, 3.05) is 6.61 Å². The molecule has 0 aliphatic heterocycles. The van der Waals surface area contributed by atoms with E-state index in [1.54, 1.807) is 12.1 Å². The van der Waals surface area contributed by atoms with Gasteiger partial charge in [-0.25, -0.2) is 8.78 Å². The average Bonchev–Trinajstić information content (AvgIpc) is 2.15. The van der Waals surface area contributed by atoms with Gasteiger partial charge in [-0.2, -0.15) is 5.26 Å². The third-order valence-electron chi connectivity index (χ3n) is 1.34. The number of ether oxygens (including phenoxy) is 1. The summed E-state index contributed by atoms with van der Waals surface area (Å²) in [6, 6.07) is 8.00. The summed E-state index contributed by atoms with van der Waals surface area (Å²) in [6.45, 7) is -0.644. The summed E-state index contributed by atoms with van der Waals surface area (Å²) in [6.07, 6.45) is -2.49. The highest BCUT2D eigenvalue weighted by Crippen LogP contribution is 2.13. The van der Waals surface area contributed by atoms with Crippen LogP contribution in [0.3, 0.4) is 0 Å². The van der Waals surface area contributed by atoms with Crippen molar-refractivity contribution in [3.63, 3.8) is 0 Å². The molecule has 13 heavy (non-hydrogen) atoms. The van der Waals surface area contributed by atoms with Gasteiger partial charge in [0.05, 0.1) is 11.6 Å². The van der Waals surface area contributed by atoms with E-state index in [9.17, 15) is 8.78 Å². The van der Waals surface area contributed by atoms with Crippen LogP contribution in [0.1, 0.15) is 5.56 Å². The Kier molecular flexibility index (Phi) is 3.21. The highest BCUT2D eigenvalue weighted by Gasteiger charge is 2.03. The first-order chi connectivity index (χ1) is 6.22. The smallest absolute Gasteiger partial charge is 0.272 e. The van der Waals surface area contributed by atoms with Gasteiger partial charge in [-0.3, -0.25) is 0 Å². The standard InChI is InChI=1S/C9H7F2NO/c10-9(11)6-13-8-3-1-2-7(4-8)5-12/h1-4,9H,6H2. The van der Waals surface area contributed by atoms with Crippen LogP contribution in [-0.4, -0.2) is 13.0 Å². The molecule has 0 saturated heterocycles. The third-order valence-corrected chi connectivity index (χ3v) is 1.34. The van der Waals surface area contributed by atoms with E-state index in [4.69, 9.17) is 10.00 Å². The van der Waals surface area contributed by atoms with Crippen molar-refractivity contribution in [3.05, 3.63) is 29.8 Å². The number of halogens is 2. The zero-order valence-corrected chi connectivity index (χ0v) is 6.71. The van der Waals surface area contributed by atoms with Gasteiger partial charge in [-0.1, -0.05) is 6.07 Å². The number of rotatable bonds is 3. The molecule has 0 bridgehead atoms. The molecular weight excluding hydrogens is 176 g/mol. The molecule has 68 valence electrons. The van der Waals surface area contributed by atoms with Gasteiger partial charge >= 0.3 is 0 Å². The molecule has 4 heteroatoms. The first-order valence-corrected chi connectivity index (χ1v) is 3.63. The Balaban J connectivity index is 2.63. The van der Waals surface area contributed by atoms with Gasteiger partial charge in [0.2, 0.25) is 0 Å². The maximum Gasteiger partial charge on any atom is 0.272 e. The SMILES string of the molecule is N#Cc1cccc(OCC(F)F)c1. The fraction of sp³-hybridized carbons (Fsp3) is 0.222. The van der Waals surface area contributed by atoms with Gasteiger partial charge in [0.25, 0.3) is 6.43 Å². The lowest BCUT2D eigenvalue weighted by Gasteiger charge is -2.04. The minimum atomic E-state index is -2.49. The highest BCUT2D eigenvalue weighted by atomic mass is 19.3. The molecule has 0 heterocycles. The lowest BCUT2D eigenvalue weighted by atomic mass is 10.2. The molecule has 0 aromatic heterocycles. The quantitative estimate of drug-likeness (QED) is 0.719. The largest absolute Gasteiger partial charge is 0.488 e. The van der Waals surface area contributed by atoms with Crippen LogP contribution in [0, 0.1) is 11.3 Å². The second kappa shape index (κ2) is 4.41. The molecule has 0 spiro atoms. The Bertz CT molecular complexity index is 320. The fourth-order valence-electron chi connectivity index (χ4n) is 0.815. The fourth-order valence-corrected chi connectivity index (χ4v) is 0.815. The maximum atomic E-state index is 11.7. The zero-order chi connectivity index (χ0) is 9.68. The first-order valence-electron chi connectivity index (χ1n) is 3.63. The van der Waals surface area contributed by atoms with Gasteiger partial charge in [0, 0.05) is 0 Å². The van der Waals surface area contributed by atoms with Crippen molar-refractivity contribution in [1.82, 2.24) is 0 Å². The van der Waals surface area contributed by atoms with Crippen molar-refractivity contribution in [3.8, 4) is 11.8 Å². The van der Waals surface area contributed by atoms with Gasteiger partial charge in [-0.05, 0) is 18.2 Å². The van der Waals surface area contributed by atoms with Crippen LogP contribution in [0.25, 0.3) is 0 Å². The summed E-state index contributed by atoms with van der Waals surface area (Å²) in [7, 11) is 0. The molecule has 0 aliphatic rings. The molecule has 0 fully saturated rings. The summed E-state index contributed by atoms with van der Waals surface area (Å²) < 4.78 is 28.1. The van der Waals surface area contributed by atoms with E-state index >= 15 is 0 Å². The second-order valence-electron chi connectivity index (χ2n) is 2.34. The maximum absolute atomic E-state index is 11.7. The van der Waals surface area contributed by atoms with Gasteiger partial charge in [-0.15, -0.1) is 0 Å². The Morgan fingerprint density at radius 2 is 2.23 bits per heavy atom. The molecule has 2 nitrogen and oxygen atoms in total. The Morgan fingerprint density at radius 1 is 1.46 bits per heavy atom. The number of hydrogen-bond donors (Lipinski definition) is 0. The van der Waals surface area contributed by atoms with E-state index in [-0.39, 0.29) is 0 Å². The molecule has 0 unspecified atom stereocenters. The highest BCUT2D eigenvalue weighted by molar-refractivity contribution is 5.36. The van der Waals surface area contributed by atoms with E-state index in [0.717, 1.165) is 0 Å². The predicted molar refractivity (Wildman–Crippen MR) is 42.7 cm³/mol. The topological polar surface area (TPSA) is 33.0 Å². The molecule has 0 amide bonds. The van der Waals surface area contributed by atoms with E-state index in [1.807, 2.05) is 6.07 Å². The lowest BCUT2D eigenvalue weighted by Crippen LogP contribution is -2.06. The average molecular weight is 183 g/mol. The van der Waals surface area contributed by atoms with Crippen molar-refractivity contribution >= 4 is 0 Å². The monoisotopic (exact) mass is 183 g/mol. The molecule has 1 rings (SSSR count). The molecule has 1 aromatic rings. The summed E-state index contributed by atoms with van der Waals surface area (Å²) in [5.41, 5.74) is 0.395. The van der Waals surface area contributed by atoms with E-state index < -0.39 is 13.0 Å². The molecule has 0 radical (unpaired) electrons. The predicted octanol–water partition coefficient (Wildman–Crippen LogP) is 2.20. The molecule has 1 aromatic carbocycles. The van der Waals surface area contributed by atoms with Crippen LogP contribution in [0.4, 0.5) is 8.78 Å². The molecule has 0 N–H and O–H groups in total. The Morgan fingerprint density at radius 3 is 2.85 bits per heavy atom. The van der Waals surface area contributed by atoms with Crippen LogP contribution in [-0.2, 0) is 0 Å². The van der Waals surface area contributed by atoms with Crippen molar-refractivity contribution < 1.29 is 13.5 Å². The second-order valence-corrected chi connectivity index (χ2v) is 2.34. The van der Waals surface area contributed by atoms with Crippen LogP contribution in [0.5, 0.6) is 5.75 Å². The summed E-state index contributed by atoms with van der Waals surface area (Å²) in [5, 5.41) is 8.49. The Hall–Kier alpha value is -1.63. The van der Waals surface area contributed by atoms with Crippen LogP contribution < -0.4 is 4.74 Å². The number of benzene rings is 1. The molecule has 0 aliphatic carbocycles. The third kappa shape index (κ3) is 3.08. The summed E-state index contributed by atoms with van der Waals surface area (Å²) in [4.78, 5) is 0. The summed E-state index contributed by atoms with van der Waals surface area (Å²) >= 11 is 0. The van der Waals surface area contributed by atoms with Crippen molar-refractivity contribution in [2.24, 2.45) is 0 Å². The first kappa shape index (κ1) is 9.46. The van der Waals surface area contributed by atoms with Gasteiger partial charge in [0.15, 0.2) is 0 Å². The number of nitrogens with zero attached hydrogens (tertiary/aromatic N) is 1. The van der Waals surface area contributed by atoms with Crippen LogP contribution in [0.15, 0.2) is 24.3 Å². The molecule has 0 saturated carbocycles. The van der Waals surface area contributed by atoms with Crippen molar-refractivity contribution in [1.29, 1.82) is 5.26 Å². The van der Waals surface area contributed by atoms with E-state index in [2.05, 4.69) is 0 Å². The number of nitriles is 1.